The zero-order chi connectivity index (χ0) is 21.1. The lowest BCUT2D eigenvalue weighted by molar-refractivity contribution is -0.114. The van der Waals surface area contributed by atoms with Crippen LogP contribution in [0.5, 0.6) is 0 Å². The van der Waals surface area contributed by atoms with Gasteiger partial charge in [0.15, 0.2) is 0 Å². The number of nitrogens with zero attached hydrogens (tertiary/aromatic N) is 1. The Bertz CT molecular complexity index is 1080. The Kier molecular flexibility index (Phi) is 5.89. The Morgan fingerprint density at radius 3 is 2.17 bits per heavy atom. The largest absolute Gasteiger partial charge is 0.366 e. The summed E-state index contributed by atoms with van der Waals surface area (Å²) in [7, 11) is 0. The number of carbonyl (C=O) groups is 1. The first-order valence-electron chi connectivity index (χ1n) is 10.3. The molecule has 3 aromatic rings. The molecule has 0 aliphatic carbocycles. The van der Waals surface area contributed by atoms with Gasteiger partial charge < -0.3 is 5.73 Å². The third kappa shape index (κ3) is 3.21. The maximum Gasteiger partial charge on any atom is 0.250 e. The van der Waals surface area contributed by atoms with Crippen molar-refractivity contribution in [2.45, 2.75) is 25.8 Å². The maximum absolute atomic E-state index is 12.6. The second-order valence-electron chi connectivity index (χ2n) is 7.62. The van der Waals surface area contributed by atoms with Gasteiger partial charge in [0, 0.05) is 30.0 Å². The van der Waals surface area contributed by atoms with Gasteiger partial charge in [-0.15, -0.1) is 0 Å². The van der Waals surface area contributed by atoms with Gasteiger partial charge in [-0.3, -0.25) is 4.79 Å². The van der Waals surface area contributed by atoms with Crippen molar-refractivity contribution in [2.24, 2.45) is 5.73 Å². The molecule has 0 spiro atoms. The minimum atomic E-state index is -0.347. The molecule has 1 unspecified atom stereocenters. The average Bonchev–Trinajstić information content (AvgIpc) is 2.80. The highest BCUT2D eigenvalue weighted by atomic mass is 79.9. The number of quaternary nitrogens is 1. The zero-order valence-electron chi connectivity index (χ0n) is 17.1. The van der Waals surface area contributed by atoms with Gasteiger partial charge in [-0.1, -0.05) is 89.6 Å². The summed E-state index contributed by atoms with van der Waals surface area (Å²) in [6.45, 7) is 2.22. The number of rotatable bonds is 6. The van der Waals surface area contributed by atoms with E-state index in [1.807, 2.05) is 18.2 Å². The molecule has 0 saturated carbocycles. The predicted octanol–water partition coefficient (Wildman–Crippen LogP) is 6.17. The van der Waals surface area contributed by atoms with Crippen LogP contribution in [0, 0.1) is 0 Å². The Hall–Kier alpha value is -2.69. The predicted molar refractivity (Wildman–Crippen MR) is 128 cm³/mol. The monoisotopic (exact) mass is 461 g/mol. The second-order valence-corrected chi connectivity index (χ2v) is 8.18. The number of hydrogen-bond donors (Lipinski definition) is 1. The fourth-order valence-electron chi connectivity index (χ4n) is 4.96. The molecule has 1 aliphatic rings. The standard InChI is InChI=1S/C26H25BrN2O/c1-2-23(19-11-5-3-6-12-19)29(21-14-7-4-8-15-21)24-16-10-9-13-20(24)17-22(26(28)30)25(29)18-27/h3-16,23H,2,17-18H2,1H3,(H-,28,30)/p+1/t23-,29?/m0/s1. The van der Waals surface area contributed by atoms with E-state index in [0.717, 1.165) is 23.4 Å². The fourth-order valence-corrected chi connectivity index (χ4v) is 5.70. The van der Waals surface area contributed by atoms with Crippen LogP contribution in [-0.2, 0) is 11.2 Å². The molecular formula is C26H26BrN2O+. The van der Waals surface area contributed by atoms with Crippen molar-refractivity contribution >= 4 is 33.2 Å². The van der Waals surface area contributed by atoms with Crippen LogP contribution < -0.4 is 10.2 Å². The van der Waals surface area contributed by atoms with E-state index in [0.29, 0.717) is 21.8 Å². The normalized spacial score (nSPS) is 19.3. The van der Waals surface area contributed by atoms with Crippen LogP contribution in [0.4, 0.5) is 11.4 Å². The molecule has 2 atom stereocenters. The number of nitrogens with two attached hydrogens (primary N) is 1. The Morgan fingerprint density at radius 1 is 0.967 bits per heavy atom. The number of hydrogen-bond acceptors (Lipinski definition) is 1. The molecule has 152 valence electrons. The van der Waals surface area contributed by atoms with Crippen LogP contribution in [0.25, 0.3) is 0 Å². The highest BCUT2D eigenvalue weighted by Gasteiger charge is 2.50. The van der Waals surface area contributed by atoms with E-state index >= 15 is 0 Å². The van der Waals surface area contributed by atoms with Gasteiger partial charge >= 0.3 is 0 Å². The molecule has 2 N–H and O–H groups in total. The van der Waals surface area contributed by atoms with Crippen LogP contribution in [-0.4, -0.2) is 11.2 Å². The van der Waals surface area contributed by atoms with E-state index in [2.05, 4.69) is 89.6 Å². The van der Waals surface area contributed by atoms with E-state index in [1.54, 1.807) is 0 Å². The minimum absolute atomic E-state index is 0.0944. The van der Waals surface area contributed by atoms with Crippen LogP contribution in [0.3, 0.4) is 0 Å². The van der Waals surface area contributed by atoms with Crippen LogP contribution >= 0.6 is 15.9 Å². The van der Waals surface area contributed by atoms with Crippen molar-refractivity contribution in [3.8, 4) is 0 Å². The van der Waals surface area contributed by atoms with Crippen molar-refractivity contribution < 1.29 is 4.79 Å². The van der Waals surface area contributed by atoms with Crippen LogP contribution in [0.15, 0.2) is 96.2 Å². The summed E-state index contributed by atoms with van der Waals surface area (Å²) in [5.41, 5.74) is 12.4. The summed E-state index contributed by atoms with van der Waals surface area (Å²) >= 11 is 3.73. The lowest BCUT2D eigenvalue weighted by atomic mass is 9.87. The van der Waals surface area contributed by atoms with Crippen molar-refractivity contribution in [1.82, 2.24) is 4.48 Å². The Morgan fingerprint density at radius 2 is 1.57 bits per heavy atom. The number of carbonyl (C=O) groups excluding carboxylic acids is 1. The van der Waals surface area contributed by atoms with Gasteiger partial charge in [-0.25, -0.2) is 4.48 Å². The number of benzene rings is 3. The van der Waals surface area contributed by atoms with Gasteiger partial charge in [0.1, 0.15) is 23.1 Å². The van der Waals surface area contributed by atoms with E-state index < -0.39 is 0 Å². The molecule has 30 heavy (non-hydrogen) atoms. The molecule has 3 nitrogen and oxygen atoms in total. The highest BCUT2D eigenvalue weighted by Crippen LogP contribution is 2.54. The summed E-state index contributed by atoms with van der Waals surface area (Å²) in [6.07, 6.45) is 1.46. The Balaban J connectivity index is 2.17. The quantitative estimate of drug-likeness (QED) is 0.346. The lowest BCUT2D eigenvalue weighted by Crippen LogP contribution is -2.51. The van der Waals surface area contributed by atoms with Crippen LogP contribution in [0.1, 0.15) is 30.5 Å². The number of primary amides is 1. The first-order valence-corrected chi connectivity index (χ1v) is 11.4. The van der Waals surface area contributed by atoms with Crippen molar-refractivity contribution in [3.63, 3.8) is 0 Å². The Labute approximate surface area is 186 Å². The molecule has 0 radical (unpaired) electrons. The molecule has 1 amide bonds. The molecule has 4 rings (SSSR count). The summed E-state index contributed by atoms with van der Waals surface area (Å²) in [5, 5.41) is 0.567. The van der Waals surface area contributed by atoms with Gasteiger partial charge in [-0.2, -0.15) is 0 Å². The molecule has 0 fully saturated rings. The van der Waals surface area contributed by atoms with Gasteiger partial charge in [0.2, 0.25) is 0 Å². The summed E-state index contributed by atoms with van der Waals surface area (Å²) in [6, 6.07) is 29.6. The zero-order valence-corrected chi connectivity index (χ0v) is 18.7. The second kappa shape index (κ2) is 8.58. The number of alkyl halides is 1. The van der Waals surface area contributed by atoms with Gasteiger partial charge in [-0.05, 0) is 12.1 Å². The third-order valence-corrected chi connectivity index (χ3v) is 6.67. The molecule has 1 heterocycles. The smallest absolute Gasteiger partial charge is 0.250 e. The SMILES string of the molecule is CC[C@@H](c1ccccc1)[N+]1(c2ccccc2)C(CBr)=C(C(N)=O)Cc2ccccc21. The topological polar surface area (TPSA) is 43.1 Å². The van der Waals surface area contributed by atoms with Crippen LogP contribution in [0.2, 0.25) is 0 Å². The first-order chi connectivity index (χ1) is 14.6. The van der Waals surface area contributed by atoms with E-state index in [-0.39, 0.29) is 11.9 Å². The molecule has 0 bridgehead atoms. The molecule has 3 aromatic carbocycles. The minimum Gasteiger partial charge on any atom is -0.366 e. The van der Waals surface area contributed by atoms with Crippen molar-refractivity contribution in [3.05, 3.63) is 107 Å². The lowest BCUT2D eigenvalue weighted by Gasteiger charge is -2.48. The van der Waals surface area contributed by atoms with Gasteiger partial charge in [0.05, 0.1) is 10.9 Å². The number of amides is 1. The highest BCUT2D eigenvalue weighted by molar-refractivity contribution is 9.09. The third-order valence-electron chi connectivity index (χ3n) is 6.14. The van der Waals surface area contributed by atoms with Crippen molar-refractivity contribution in [2.75, 3.05) is 5.33 Å². The average molecular weight is 462 g/mol. The molecule has 0 saturated heterocycles. The number of allylic oxidation sites excluding steroid dienone is 1. The summed E-state index contributed by atoms with van der Waals surface area (Å²) < 4.78 is 0.473. The van der Waals surface area contributed by atoms with Crippen molar-refractivity contribution in [1.29, 1.82) is 0 Å². The fraction of sp³-hybridized carbons (Fsp3) is 0.192. The van der Waals surface area contributed by atoms with E-state index in [1.165, 1.54) is 11.3 Å². The number of halogens is 1. The summed E-state index contributed by atoms with van der Waals surface area (Å²) in [5.74, 6) is -0.347. The first kappa shape index (κ1) is 20.6. The molecular weight excluding hydrogens is 436 g/mol. The maximum atomic E-state index is 12.6. The van der Waals surface area contributed by atoms with Gasteiger partial charge in [0.25, 0.3) is 5.91 Å². The number of para-hydroxylation sites is 2. The van der Waals surface area contributed by atoms with E-state index in [4.69, 9.17) is 5.73 Å². The molecule has 4 heteroatoms. The molecule has 0 aromatic heterocycles. The number of fused-ring (bicyclic) bond motifs is 1. The molecule has 1 aliphatic heterocycles. The summed E-state index contributed by atoms with van der Waals surface area (Å²) in [4.78, 5) is 12.6. The van der Waals surface area contributed by atoms with E-state index in [9.17, 15) is 4.79 Å².